The summed E-state index contributed by atoms with van der Waals surface area (Å²) >= 11 is 3.24. The van der Waals surface area contributed by atoms with Crippen LogP contribution in [0, 0.1) is 6.92 Å². The maximum Gasteiger partial charge on any atom is 0.248 e. The molecule has 10 nitrogen and oxygen atoms in total. The number of Topliss-reactive ketones (excluding diaryl/α,β-unsaturated/α-hetero) is 1. The monoisotopic (exact) mass is 615 g/mol. The zero-order valence-electron chi connectivity index (χ0n) is 21.0. The first kappa shape index (κ1) is 28.2. The summed E-state index contributed by atoms with van der Waals surface area (Å²) in [6.45, 7) is 2.72. The van der Waals surface area contributed by atoms with E-state index in [0.29, 0.717) is 21.3 Å². The van der Waals surface area contributed by atoms with E-state index in [4.69, 9.17) is 0 Å². The van der Waals surface area contributed by atoms with Crippen molar-refractivity contribution in [1.82, 2.24) is 29.6 Å². The molecule has 13 heteroatoms. The number of pyridine rings is 1. The maximum atomic E-state index is 14.4. The van der Waals surface area contributed by atoms with Crippen molar-refractivity contribution in [2.75, 3.05) is 11.9 Å². The second-order valence-electron chi connectivity index (χ2n) is 9.04. The van der Waals surface area contributed by atoms with E-state index < -0.39 is 24.0 Å². The molecule has 39 heavy (non-hydrogen) atoms. The Morgan fingerprint density at radius 2 is 1.87 bits per heavy atom. The number of amides is 2. The van der Waals surface area contributed by atoms with Crippen molar-refractivity contribution < 1.29 is 18.8 Å². The molecule has 2 atom stereocenters. The quantitative estimate of drug-likeness (QED) is 0.255. The van der Waals surface area contributed by atoms with Crippen LogP contribution in [-0.2, 0) is 16.1 Å². The van der Waals surface area contributed by atoms with Gasteiger partial charge in [-0.2, -0.15) is 5.10 Å². The van der Waals surface area contributed by atoms with Gasteiger partial charge in [-0.15, -0.1) is 12.4 Å². The van der Waals surface area contributed by atoms with E-state index >= 15 is 0 Å². The van der Waals surface area contributed by atoms with Crippen LogP contribution >= 0.6 is 28.3 Å². The van der Waals surface area contributed by atoms with Crippen LogP contribution in [0.3, 0.4) is 0 Å². The van der Waals surface area contributed by atoms with Crippen LogP contribution in [-0.4, -0.2) is 66.0 Å². The standard InChI is InChI=1S/C26H23BrFN7O3.ClH/c1-14(36)25-19-8-16(17-10-29-15(2)30-11-17)6-7-20(19)35(33-25)13-24(37)34-12-18(28)9-21(34)26(38)32-23-5-3-4-22(27)31-23;/h3-8,10-11,18,21H,9,12-13H2,1-2H3,(H,31,32,38);1H/t18-,21+;/m1./s1. The second kappa shape index (κ2) is 11.5. The van der Waals surface area contributed by atoms with Gasteiger partial charge < -0.3 is 10.2 Å². The summed E-state index contributed by atoms with van der Waals surface area (Å²) in [6, 6.07) is 9.42. The Morgan fingerprint density at radius 3 is 2.56 bits per heavy atom. The third-order valence-electron chi connectivity index (χ3n) is 6.32. The van der Waals surface area contributed by atoms with Crippen molar-refractivity contribution in [2.45, 2.75) is 39.0 Å². The fraction of sp³-hybridized carbons (Fsp3) is 0.269. The van der Waals surface area contributed by atoms with Gasteiger partial charge in [0, 0.05) is 36.7 Å². The minimum absolute atomic E-state index is 0. The van der Waals surface area contributed by atoms with Gasteiger partial charge in [-0.3, -0.25) is 19.1 Å². The number of aryl methyl sites for hydroxylation is 1. The maximum absolute atomic E-state index is 14.4. The van der Waals surface area contributed by atoms with Crippen molar-refractivity contribution in [3.05, 3.63) is 64.9 Å². The molecule has 0 radical (unpaired) electrons. The predicted molar refractivity (Wildman–Crippen MR) is 148 cm³/mol. The number of likely N-dealkylation sites (tertiary alicyclic amines) is 1. The Morgan fingerprint density at radius 1 is 1.13 bits per heavy atom. The summed E-state index contributed by atoms with van der Waals surface area (Å²) in [4.78, 5) is 52.5. The van der Waals surface area contributed by atoms with Crippen molar-refractivity contribution in [3.8, 4) is 11.1 Å². The van der Waals surface area contributed by atoms with Crippen molar-refractivity contribution in [2.24, 2.45) is 0 Å². The van der Waals surface area contributed by atoms with Gasteiger partial charge in [-0.25, -0.2) is 19.3 Å². The number of aromatic nitrogens is 5. The Balaban J connectivity index is 0.00000353. The van der Waals surface area contributed by atoms with E-state index in [2.05, 4.69) is 41.3 Å². The summed E-state index contributed by atoms with van der Waals surface area (Å²) in [5.74, 6) is -0.338. The Bertz CT molecular complexity index is 1560. The number of ketones is 1. The highest BCUT2D eigenvalue weighted by molar-refractivity contribution is 9.10. The average Bonchev–Trinajstić information content (AvgIpc) is 3.45. The van der Waals surface area contributed by atoms with E-state index in [9.17, 15) is 18.8 Å². The molecule has 1 saturated heterocycles. The number of alkyl halides is 1. The van der Waals surface area contributed by atoms with Gasteiger partial charge in [0.05, 0.1) is 12.1 Å². The molecule has 1 aliphatic heterocycles. The first-order valence-corrected chi connectivity index (χ1v) is 12.7. The molecular formula is C26H24BrClFN7O3. The topological polar surface area (TPSA) is 123 Å². The molecule has 2 amide bonds. The third-order valence-corrected chi connectivity index (χ3v) is 6.76. The number of rotatable bonds is 6. The smallest absolute Gasteiger partial charge is 0.248 e. The molecule has 0 bridgehead atoms. The number of carbonyl (C=O) groups is 3. The van der Waals surface area contributed by atoms with Gasteiger partial charge >= 0.3 is 0 Å². The van der Waals surface area contributed by atoms with E-state index in [1.807, 2.05) is 12.1 Å². The van der Waals surface area contributed by atoms with Gasteiger partial charge in [0.25, 0.3) is 0 Å². The Kier molecular flexibility index (Phi) is 8.36. The molecule has 1 fully saturated rings. The fourth-order valence-corrected chi connectivity index (χ4v) is 4.84. The Hall–Kier alpha value is -3.77. The molecular weight excluding hydrogens is 593 g/mol. The fourth-order valence-electron chi connectivity index (χ4n) is 4.50. The highest BCUT2D eigenvalue weighted by Gasteiger charge is 2.40. The van der Waals surface area contributed by atoms with Gasteiger partial charge in [-0.05, 0) is 52.7 Å². The number of benzene rings is 1. The van der Waals surface area contributed by atoms with Crippen molar-refractivity contribution in [3.63, 3.8) is 0 Å². The lowest BCUT2D eigenvalue weighted by Crippen LogP contribution is -2.44. The zero-order valence-corrected chi connectivity index (χ0v) is 23.4. The zero-order chi connectivity index (χ0) is 27.0. The molecule has 5 rings (SSSR count). The lowest BCUT2D eigenvalue weighted by molar-refractivity contribution is -0.137. The number of anilines is 1. The lowest BCUT2D eigenvalue weighted by Gasteiger charge is -2.23. The molecule has 1 aromatic carbocycles. The average molecular weight is 617 g/mol. The van der Waals surface area contributed by atoms with Crippen molar-refractivity contribution >= 4 is 62.7 Å². The molecule has 0 unspecified atom stereocenters. The van der Waals surface area contributed by atoms with Crippen LogP contribution in [0.5, 0.6) is 0 Å². The summed E-state index contributed by atoms with van der Waals surface area (Å²) in [6.07, 6.45) is 1.93. The number of nitrogens with one attached hydrogen (secondary N) is 1. The van der Waals surface area contributed by atoms with E-state index in [-0.39, 0.29) is 49.2 Å². The van der Waals surface area contributed by atoms with E-state index in [0.717, 1.165) is 11.1 Å². The molecule has 4 aromatic rings. The predicted octanol–water partition coefficient (Wildman–Crippen LogP) is 4.16. The van der Waals surface area contributed by atoms with Gasteiger partial charge in [-0.1, -0.05) is 12.1 Å². The Labute approximate surface area is 237 Å². The van der Waals surface area contributed by atoms with Gasteiger partial charge in [0.1, 0.15) is 40.7 Å². The minimum atomic E-state index is -1.34. The number of fused-ring (bicyclic) bond motifs is 1. The summed E-state index contributed by atoms with van der Waals surface area (Å²) < 4.78 is 16.4. The lowest BCUT2D eigenvalue weighted by atomic mass is 10.0. The van der Waals surface area contributed by atoms with E-state index in [1.165, 1.54) is 16.5 Å². The molecule has 4 heterocycles. The number of carbonyl (C=O) groups excluding carboxylic acids is 3. The molecule has 1 aliphatic rings. The van der Waals surface area contributed by atoms with Gasteiger partial charge in [0.2, 0.25) is 11.8 Å². The largest absolute Gasteiger partial charge is 0.326 e. The van der Waals surface area contributed by atoms with Crippen molar-refractivity contribution in [1.29, 1.82) is 0 Å². The minimum Gasteiger partial charge on any atom is -0.326 e. The number of halogens is 3. The van der Waals surface area contributed by atoms with Crippen LogP contribution in [0.25, 0.3) is 22.0 Å². The third kappa shape index (κ3) is 5.96. The number of hydrogen-bond acceptors (Lipinski definition) is 7. The molecule has 0 spiro atoms. The second-order valence-corrected chi connectivity index (χ2v) is 9.86. The van der Waals surface area contributed by atoms with Crippen LogP contribution in [0.15, 0.2) is 53.4 Å². The number of nitrogens with zero attached hydrogens (tertiary/aromatic N) is 6. The summed E-state index contributed by atoms with van der Waals surface area (Å²) in [7, 11) is 0. The molecule has 0 aliphatic carbocycles. The molecule has 1 N–H and O–H groups in total. The first-order chi connectivity index (χ1) is 18.2. The first-order valence-electron chi connectivity index (χ1n) is 11.9. The SMILES string of the molecule is CC(=O)c1nn(CC(=O)N2C[C@H](F)C[C@H]2C(=O)Nc2cccc(Br)n2)c2ccc(-c3cnc(C)nc3)cc12.Cl. The normalized spacial score (nSPS) is 16.7. The van der Waals surface area contributed by atoms with Crippen LogP contribution in [0.4, 0.5) is 10.2 Å². The van der Waals surface area contributed by atoms with Crippen LogP contribution in [0.1, 0.15) is 29.7 Å². The summed E-state index contributed by atoms with van der Waals surface area (Å²) in [5, 5.41) is 7.62. The van der Waals surface area contributed by atoms with Gasteiger partial charge in [0.15, 0.2) is 5.78 Å². The highest BCUT2D eigenvalue weighted by Crippen LogP contribution is 2.28. The summed E-state index contributed by atoms with van der Waals surface area (Å²) in [5.41, 5.74) is 2.34. The van der Waals surface area contributed by atoms with E-state index in [1.54, 1.807) is 43.6 Å². The van der Waals surface area contributed by atoms with Crippen LogP contribution < -0.4 is 5.32 Å². The highest BCUT2D eigenvalue weighted by atomic mass is 79.9. The van der Waals surface area contributed by atoms with Crippen LogP contribution in [0.2, 0.25) is 0 Å². The molecule has 0 saturated carbocycles. The number of hydrogen-bond donors (Lipinski definition) is 1. The molecule has 3 aromatic heterocycles. The molecule has 202 valence electrons.